The van der Waals surface area contributed by atoms with Crippen LogP contribution in [-0.4, -0.2) is 0 Å². The first kappa shape index (κ1) is 27.0. The van der Waals surface area contributed by atoms with Gasteiger partial charge < -0.3 is 4.74 Å². The topological polar surface area (TPSA) is 9.23 Å². The van der Waals surface area contributed by atoms with E-state index in [1.165, 1.54) is 42.8 Å². The first-order chi connectivity index (χ1) is 17.5. The molecule has 0 N–H and O–H groups in total. The molecule has 1 aliphatic rings. The van der Waals surface area contributed by atoms with Gasteiger partial charge in [-0.2, -0.15) is 22.0 Å². The maximum absolute atomic E-state index is 15.1. The Balaban J connectivity index is 1.54. The first-order valence-electron chi connectivity index (χ1n) is 12.3. The molecule has 0 saturated heterocycles. The normalized spacial score (nSPS) is 18.6. The van der Waals surface area contributed by atoms with Crippen molar-refractivity contribution < 1.29 is 35.5 Å². The van der Waals surface area contributed by atoms with E-state index in [4.69, 9.17) is 4.74 Å². The van der Waals surface area contributed by atoms with Crippen LogP contribution in [0.1, 0.15) is 68.1 Å². The average molecular weight is 525 g/mol. The lowest BCUT2D eigenvalue weighted by Crippen LogP contribution is -2.22. The van der Waals surface area contributed by atoms with Gasteiger partial charge in [-0.25, -0.2) is 8.78 Å². The zero-order chi connectivity index (χ0) is 26.8. The summed E-state index contributed by atoms with van der Waals surface area (Å²) in [5.41, 5.74) is -1.99. The fourth-order valence-corrected chi connectivity index (χ4v) is 5.13. The van der Waals surface area contributed by atoms with E-state index >= 15 is 8.78 Å². The Morgan fingerprint density at radius 2 is 1.41 bits per heavy atom. The van der Waals surface area contributed by atoms with Crippen molar-refractivity contribution in [2.24, 2.45) is 5.92 Å². The van der Waals surface area contributed by atoms with Crippen molar-refractivity contribution in [3.8, 4) is 16.9 Å². The highest BCUT2D eigenvalue weighted by atomic mass is 19.4. The monoisotopic (exact) mass is 524 g/mol. The molecule has 0 aliphatic heterocycles. The van der Waals surface area contributed by atoms with Crippen molar-refractivity contribution in [2.75, 3.05) is 0 Å². The van der Waals surface area contributed by atoms with Gasteiger partial charge in [0, 0.05) is 5.56 Å². The molecule has 0 heterocycles. The lowest BCUT2D eigenvalue weighted by atomic mass is 9.77. The molecule has 0 unspecified atom stereocenters. The van der Waals surface area contributed by atoms with Crippen LogP contribution in [0.15, 0.2) is 60.7 Å². The number of alkyl halides is 5. The molecule has 8 heteroatoms. The Kier molecular flexibility index (Phi) is 7.85. The summed E-state index contributed by atoms with van der Waals surface area (Å²) in [4.78, 5) is 0. The summed E-state index contributed by atoms with van der Waals surface area (Å²) in [6.07, 6.45) is -2.38. The van der Waals surface area contributed by atoms with Gasteiger partial charge in [0.1, 0.15) is 22.9 Å². The summed E-state index contributed by atoms with van der Waals surface area (Å²) in [5.74, 6) is -3.07. The number of hydrogen-bond donors (Lipinski definition) is 0. The molecule has 198 valence electrons. The van der Waals surface area contributed by atoms with Crippen LogP contribution in [0.4, 0.5) is 30.7 Å². The largest absolute Gasteiger partial charge is 0.428 e. The van der Waals surface area contributed by atoms with Crippen molar-refractivity contribution in [3.05, 3.63) is 89.0 Å². The second-order valence-corrected chi connectivity index (χ2v) is 9.56. The Morgan fingerprint density at radius 1 is 0.811 bits per heavy atom. The molecule has 1 fully saturated rings. The van der Waals surface area contributed by atoms with Gasteiger partial charge in [0.15, 0.2) is 0 Å². The van der Waals surface area contributed by atoms with Crippen LogP contribution in [-0.2, 0) is 12.3 Å². The van der Waals surface area contributed by atoms with Crippen LogP contribution in [0, 0.1) is 17.6 Å². The third-order valence-electron chi connectivity index (χ3n) is 7.02. The zero-order valence-corrected chi connectivity index (χ0v) is 20.2. The van der Waals surface area contributed by atoms with E-state index in [0.717, 1.165) is 43.6 Å². The molecule has 37 heavy (non-hydrogen) atoms. The van der Waals surface area contributed by atoms with E-state index in [-0.39, 0.29) is 11.1 Å². The third kappa shape index (κ3) is 6.11. The van der Waals surface area contributed by atoms with Crippen LogP contribution in [0.5, 0.6) is 5.75 Å². The molecule has 0 bridgehead atoms. The van der Waals surface area contributed by atoms with Gasteiger partial charge in [-0.3, -0.25) is 0 Å². The van der Waals surface area contributed by atoms with Crippen molar-refractivity contribution in [1.29, 1.82) is 0 Å². The van der Waals surface area contributed by atoms with E-state index in [1.807, 2.05) is 0 Å². The summed E-state index contributed by atoms with van der Waals surface area (Å²) < 4.78 is 102. The van der Waals surface area contributed by atoms with E-state index in [9.17, 15) is 22.0 Å². The van der Waals surface area contributed by atoms with E-state index < -0.39 is 40.8 Å². The molecule has 1 saturated carbocycles. The molecular formula is C29H27F7O. The molecule has 0 spiro atoms. The second kappa shape index (κ2) is 10.8. The molecule has 0 atom stereocenters. The molecule has 3 aromatic rings. The quantitative estimate of drug-likeness (QED) is 0.280. The fraction of sp³-hybridized carbons (Fsp3) is 0.379. The Labute approximate surface area is 211 Å². The predicted octanol–water partition coefficient (Wildman–Crippen LogP) is 9.85. The van der Waals surface area contributed by atoms with Gasteiger partial charge in [0.25, 0.3) is 0 Å². The van der Waals surface area contributed by atoms with Crippen molar-refractivity contribution in [1.82, 2.24) is 0 Å². The van der Waals surface area contributed by atoms with E-state index in [1.54, 1.807) is 12.1 Å². The lowest BCUT2D eigenvalue weighted by molar-refractivity contribution is -0.185. The number of para-hydroxylation sites is 1. The van der Waals surface area contributed by atoms with Crippen molar-refractivity contribution in [3.63, 3.8) is 0 Å². The molecule has 4 rings (SSSR count). The third-order valence-corrected chi connectivity index (χ3v) is 7.02. The van der Waals surface area contributed by atoms with Gasteiger partial charge in [-0.15, -0.1) is 0 Å². The molecule has 3 aromatic carbocycles. The number of ether oxygens (including phenoxy) is 1. The number of halogens is 7. The van der Waals surface area contributed by atoms with Gasteiger partial charge in [-0.1, -0.05) is 50.1 Å². The minimum Gasteiger partial charge on any atom is -0.428 e. The number of benzene rings is 3. The standard InChI is InChI=1S/C29H27F7O/c1-2-5-18-8-10-19(11-9-18)20-12-14-22(15-13-20)29(35,36)37-26-7-4-3-6-23(26)21-16-24(30)27(25(31)17-21)28(32,33)34/h3-4,6-7,12-19H,2,5,8-11H2,1H3/t18-,19-. The zero-order valence-electron chi connectivity index (χ0n) is 20.2. The minimum absolute atomic E-state index is 0.172. The molecular weight excluding hydrogens is 497 g/mol. The highest BCUT2D eigenvalue weighted by molar-refractivity contribution is 5.71. The summed E-state index contributed by atoms with van der Waals surface area (Å²) >= 11 is 0. The lowest BCUT2D eigenvalue weighted by Gasteiger charge is -2.29. The van der Waals surface area contributed by atoms with Crippen LogP contribution in [0.25, 0.3) is 11.1 Å². The summed E-state index contributed by atoms with van der Waals surface area (Å²) in [6.45, 7) is 2.17. The molecule has 1 aliphatic carbocycles. The van der Waals surface area contributed by atoms with Crippen molar-refractivity contribution >= 4 is 0 Å². The molecule has 1 nitrogen and oxygen atoms in total. The Hall–Kier alpha value is -3.03. The van der Waals surface area contributed by atoms with Gasteiger partial charge in [0.05, 0.1) is 5.56 Å². The second-order valence-electron chi connectivity index (χ2n) is 9.56. The van der Waals surface area contributed by atoms with Gasteiger partial charge in [-0.05, 0) is 79.0 Å². The SMILES string of the molecule is CCC[C@H]1CC[C@H](c2ccc(C(F)(F)Oc3ccccc3-c3cc(F)c(C(F)(F)F)c(F)c3)cc2)CC1. The highest BCUT2D eigenvalue weighted by Crippen LogP contribution is 2.42. The Morgan fingerprint density at radius 3 is 1.97 bits per heavy atom. The first-order valence-corrected chi connectivity index (χ1v) is 12.3. The number of hydrogen-bond acceptors (Lipinski definition) is 1. The van der Waals surface area contributed by atoms with Crippen molar-refractivity contribution in [2.45, 2.75) is 63.7 Å². The van der Waals surface area contributed by atoms with Gasteiger partial charge in [0.2, 0.25) is 0 Å². The van der Waals surface area contributed by atoms with Crippen LogP contribution < -0.4 is 4.74 Å². The van der Waals surface area contributed by atoms with E-state index in [2.05, 4.69) is 6.92 Å². The Bertz CT molecular complexity index is 1190. The summed E-state index contributed by atoms with van der Waals surface area (Å²) in [7, 11) is 0. The maximum atomic E-state index is 15.1. The minimum atomic E-state index is -5.24. The van der Waals surface area contributed by atoms with Crippen LogP contribution in [0.2, 0.25) is 0 Å². The fourth-order valence-electron chi connectivity index (χ4n) is 5.13. The van der Waals surface area contributed by atoms with Gasteiger partial charge >= 0.3 is 12.3 Å². The number of rotatable bonds is 7. The molecule has 0 radical (unpaired) electrons. The smallest absolute Gasteiger partial charge is 0.426 e. The van der Waals surface area contributed by atoms with E-state index in [0.29, 0.717) is 18.1 Å². The highest BCUT2D eigenvalue weighted by Gasteiger charge is 2.39. The molecule has 0 aromatic heterocycles. The summed E-state index contributed by atoms with van der Waals surface area (Å²) in [5, 5.41) is 0. The van der Waals surface area contributed by atoms with Crippen LogP contribution in [0.3, 0.4) is 0 Å². The molecule has 0 amide bonds. The summed E-state index contributed by atoms with van der Waals surface area (Å²) in [6, 6.07) is 12.0. The van der Waals surface area contributed by atoms with Crippen LogP contribution >= 0.6 is 0 Å². The predicted molar refractivity (Wildman–Crippen MR) is 127 cm³/mol. The maximum Gasteiger partial charge on any atom is 0.426 e. The average Bonchev–Trinajstić information content (AvgIpc) is 2.83.